The van der Waals surface area contributed by atoms with Crippen molar-refractivity contribution in [2.75, 3.05) is 5.32 Å². The van der Waals surface area contributed by atoms with Crippen LogP contribution in [0.3, 0.4) is 0 Å². The van der Waals surface area contributed by atoms with Crippen LogP contribution in [0.1, 0.15) is 5.56 Å². The summed E-state index contributed by atoms with van der Waals surface area (Å²) in [5.41, 5.74) is 1.58. The Morgan fingerprint density at radius 3 is 2.68 bits per heavy atom. The number of nitrogens with zero attached hydrogens (tertiary/aromatic N) is 1. The number of nitro benzene ring substituents is 1. The molecule has 0 saturated heterocycles. The van der Waals surface area contributed by atoms with Gasteiger partial charge >= 0.3 is 0 Å². The molecule has 0 spiro atoms. The van der Waals surface area contributed by atoms with E-state index in [0.29, 0.717) is 11.3 Å². The Balaban J connectivity index is 2.36. The van der Waals surface area contributed by atoms with E-state index < -0.39 is 4.92 Å². The topological polar surface area (TPSA) is 75.4 Å². The summed E-state index contributed by atoms with van der Waals surface area (Å²) in [6.07, 6.45) is 0. The number of benzene rings is 2. The Kier molecular flexibility index (Phi) is 4.13. The molecule has 0 aliphatic heterocycles. The number of aliphatic hydroxyl groups excluding tert-OH is 1. The highest BCUT2D eigenvalue weighted by Crippen LogP contribution is 2.29. The van der Waals surface area contributed by atoms with Crippen molar-refractivity contribution >= 4 is 33.0 Å². The van der Waals surface area contributed by atoms with Gasteiger partial charge in [-0.25, -0.2) is 0 Å². The minimum Gasteiger partial charge on any atom is -0.392 e. The predicted molar refractivity (Wildman–Crippen MR) is 76.4 cm³/mol. The Morgan fingerprint density at radius 1 is 1.26 bits per heavy atom. The Labute approximate surface area is 118 Å². The van der Waals surface area contributed by atoms with E-state index in [2.05, 4.69) is 21.2 Å². The molecule has 0 unspecified atom stereocenters. The van der Waals surface area contributed by atoms with Gasteiger partial charge in [0.1, 0.15) is 5.69 Å². The fourth-order valence-corrected chi connectivity index (χ4v) is 2.05. The van der Waals surface area contributed by atoms with Crippen molar-refractivity contribution in [2.24, 2.45) is 0 Å². The molecule has 2 aromatic rings. The van der Waals surface area contributed by atoms with Crippen molar-refractivity contribution < 1.29 is 10.0 Å². The highest BCUT2D eigenvalue weighted by Gasteiger charge is 2.14. The van der Waals surface area contributed by atoms with Gasteiger partial charge in [0, 0.05) is 16.2 Å². The number of hydrogen-bond acceptors (Lipinski definition) is 4. The first-order valence-corrected chi connectivity index (χ1v) is 6.30. The zero-order chi connectivity index (χ0) is 13.8. The van der Waals surface area contributed by atoms with Crippen LogP contribution in [0.15, 0.2) is 46.9 Å². The van der Waals surface area contributed by atoms with Gasteiger partial charge in [0.15, 0.2) is 0 Å². The van der Waals surface area contributed by atoms with Gasteiger partial charge in [-0.05, 0) is 29.8 Å². The SMILES string of the molecule is O=[N+]([O-])c1cc(CO)ccc1Nc1cccc(Br)c1. The summed E-state index contributed by atoms with van der Waals surface area (Å²) in [6.45, 7) is -0.224. The van der Waals surface area contributed by atoms with Crippen molar-refractivity contribution in [1.82, 2.24) is 0 Å². The maximum atomic E-state index is 11.0. The fourth-order valence-electron chi connectivity index (χ4n) is 1.65. The number of rotatable bonds is 4. The van der Waals surface area contributed by atoms with Gasteiger partial charge in [0.25, 0.3) is 5.69 Å². The summed E-state index contributed by atoms with van der Waals surface area (Å²) in [7, 11) is 0. The zero-order valence-electron chi connectivity index (χ0n) is 9.84. The molecule has 0 aliphatic rings. The highest BCUT2D eigenvalue weighted by atomic mass is 79.9. The number of anilines is 2. The minimum absolute atomic E-state index is 0.0634. The van der Waals surface area contributed by atoms with Crippen molar-refractivity contribution in [1.29, 1.82) is 0 Å². The van der Waals surface area contributed by atoms with Crippen LogP contribution >= 0.6 is 15.9 Å². The van der Waals surface area contributed by atoms with Crippen LogP contribution in [0.2, 0.25) is 0 Å². The molecule has 5 nitrogen and oxygen atoms in total. The summed E-state index contributed by atoms with van der Waals surface area (Å²) >= 11 is 3.34. The third kappa shape index (κ3) is 3.30. The second-order valence-electron chi connectivity index (χ2n) is 3.90. The van der Waals surface area contributed by atoms with Crippen LogP contribution in [0.5, 0.6) is 0 Å². The van der Waals surface area contributed by atoms with Gasteiger partial charge in [0.05, 0.1) is 11.5 Å². The second kappa shape index (κ2) is 5.81. The van der Waals surface area contributed by atoms with Gasteiger partial charge in [-0.2, -0.15) is 0 Å². The van der Waals surface area contributed by atoms with Gasteiger partial charge in [-0.15, -0.1) is 0 Å². The second-order valence-corrected chi connectivity index (χ2v) is 4.82. The summed E-state index contributed by atoms with van der Waals surface area (Å²) < 4.78 is 0.882. The van der Waals surface area contributed by atoms with E-state index in [1.54, 1.807) is 12.1 Å². The number of aliphatic hydroxyl groups is 1. The van der Waals surface area contributed by atoms with E-state index >= 15 is 0 Å². The van der Waals surface area contributed by atoms with E-state index in [1.807, 2.05) is 24.3 Å². The van der Waals surface area contributed by atoms with Crippen LogP contribution < -0.4 is 5.32 Å². The first-order chi connectivity index (χ1) is 9.10. The maximum absolute atomic E-state index is 11.0. The molecular weight excluding hydrogens is 312 g/mol. The lowest BCUT2D eigenvalue weighted by atomic mass is 10.1. The molecule has 2 aromatic carbocycles. The molecule has 2 N–H and O–H groups in total. The van der Waals surface area contributed by atoms with Gasteiger partial charge in [-0.1, -0.05) is 28.1 Å². The lowest BCUT2D eigenvalue weighted by Crippen LogP contribution is -1.98. The molecule has 0 aliphatic carbocycles. The average molecular weight is 323 g/mol. The number of halogens is 1. The third-order valence-corrected chi connectivity index (χ3v) is 3.04. The van der Waals surface area contributed by atoms with Gasteiger partial charge in [-0.3, -0.25) is 10.1 Å². The summed E-state index contributed by atoms with van der Waals surface area (Å²) in [6, 6.07) is 11.9. The van der Waals surface area contributed by atoms with Crippen molar-refractivity contribution in [3.05, 3.63) is 62.6 Å². The molecule has 0 radical (unpaired) electrons. The average Bonchev–Trinajstić information content (AvgIpc) is 2.39. The number of hydrogen-bond donors (Lipinski definition) is 2. The predicted octanol–water partition coefficient (Wildman–Crippen LogP) is 3.59. The van der Waals surface area contributed by atoms with E-state index in [-0.39, 0.29) is 12.3 Å². The van der Waals surface area contributed by atoms with E-state index in [4.69, 9.17) is 5.11 Å². The normalized spacial score (nSPS) is 10.2. The standard InChI is InChI=1S/C13H11BrN2O3/c14-10-2-1-3-11(7-10)15-12-5-4-9(8-17)6-13(12)16(18)19/h1-7,15,17H,8H2. The molecule has 19 heavy (non-hydrogen) atoms. The number of nitrogens with one attached hydrogen (secondary N) is 1. The molecule has 0 heterocycles. The van der Waals surface area contributed by atoms with Crippen LogP contribution in [0, 0.1) is 10.1 Å². The maximum Gasteiger partial charge on any atom is 0.293 e. The Morgan fingerprint density at radius 2 is 2.05 bits per heavy atom. The van der Waals surface area contributed by atoms with Crippen LogP contribution in [-0.2, 0) is 6.61 Å². The Hall–Kier alpha value is -1.92. The van der Waals surface area contributed by atoms with Crippen molar-refractivity contribution in [3.8, 4) is 0 Å². The molecule has 0 amide bonds. The van der Waals surface area contributed by atoms with E-state index in [0.717, 1.165) is 10.2 Å². The lowest BCUT2D eigenvalue weighted by molar-refractivity contribution is -0.384. The van der Waals surface area contributed by atoms with Crippen molar-refractivity contribution in [3.63, 3.8) is 0 Å². The fraction of sp³-hybridized carbons (Fsp3) is 0.0769. The van der Waals surface area contributed by atoms with E-state index in [9.17, 15) is 10.1 Å². The number of nitro groups is 1. The monoisotopic (exact) mass is 322 g/mol. The molecular formula is C13H11BrN2O3. The largest absolute Gasteiger partial charge is 0.392 e. The van der Waals surface area contributed by atoms with Crippen LogP contribution in [0.25, 0.3) is 0 Å². The summed E-state index contributed by atoms with van der Waals surface area (Å²) in [5.74, 6) is 0. The van der Waals surface area contributed by atoms with E-state index in [1.165, 1.54) is 6.07 Å². The quantitative estimate of drug-likeness (QED) is 0.666. The zero-order valence-corrected chi connectivity index (χ0v) is 11.4. The molecule has 0 fully saturated rings. The highest BCUT2D eigenvalue weighted by molar-refractivity contribution is 9.10. The summed E-state index contributed by atoms with van der Waals surface area (Å²) in [5, 5.41) is 23.0. The summed E-state index contributed by atoms with van der Waals surface area (Å²) in [4.78, 5) is 10.5. The minimum atomic E-state index is -0.473. The molecule has 6 heteroatoms. The smallest absolute Gasteiger partial charge is 0.293 e. The first-order valence-electron chi connectivity index (χ1n) is 5.51. The molecule has 0 saturated carbocycles. The molecule has 98 valence electrons. The van der Waals surface area contributed by atoms with Crippen LogP contribution in [0.4, 0.5) is 17.1 Å². The van der Waals surface area contributed by atoms with Crippen molar-refractivity contribution in [2.45, 2.75) is 6.61 Å². The van der Waals surface area contributed by atoms with Gasteiger partial charge in [0.2, 0.25) is 0 Å². The van der Waals surface area contributed by atoms with Crippen LogP contribution in [-0.4, -0.2) is 10.0 Å². The first kappa shape index (κ1) is 13.5. The molecule has 2 rings (SSSR count). The molecule has 0 aromatic heterocycles. The molecule has 0 bridgehead atoms. The molecule has 0 atom stereocenters. The lowest BCUT2D eigenvalue weighted by Gasteiger charge is -2.08. The third-order valence-electron chi connectivity index (χ3n) is 2.55. The van der Waals surface area contributed by atoms with Gasteiger partial charge < -0.3 is 10.4 Å². The Bertz CT molecular complexity index is 617.